The van der Waals surface area contributed by atoms with Crippen molar-refractivity contribution in [2.24, 2.45) is 5.92 Å². The zero-order chi connectivity index (χ0) is 23.6. The number of rotatable bonds is 7. The predicted molar refractivity (Wildman–Crippen MR) is 125 cm³/mol. The van der Waals surface area contributed by atoms with E-state index in [4.69, 9.17) is 44.0 Å². The lowest BCUT2D eigenvalue weighted by atomic mass is 10.0. The molecule has 1 aromatic heterocycles. The molecule has 0 spiro atoms. The van der Waals surface area contributed by atoms with Crippen LogP contribution in [-0.2, 0) is 4.79 Å². The van der Waals surface area contributed by atoms with Crippen molar-refractivity contribution in [1.82, 2.24) is 5.32 Å². The number of hydrogen-bond acceptors (Lipinski definition) is 7. The monoisotopic (exact) mass is 518 g/mol. The molecule has 32 heavy (non-hydrogen) atoms. The highest BCUT2D eigenvalue weighted by Crippen LogP contribution is 2.42. The zero-order valence-corrected chi connectivity index (χ0v) is 19.8. The normalized spacial score (nSPS) is 12.7. The molecule has 0 saturated carbocycles. The summed E-state index contributed by atoms with van der Waals surface area (Å²) in [7, 11) is 0. The average Bonchev–Trinajstić information content (AvgIpc) is 3.06. The summed E-state index contributed by atoms with van der Waals surface area (Å²) in [6.07, 6.45) is -1.20. The SMILES string of the molecule is CC(C)CC(=O)N[C@H](Oc1ccc2oc(=O)sc2c1-c1cccc([N+](=O)[O-])c1)C(Cl)(Cl)Cl. The summed E-state index contributed by atoms with van der Waals surface area (Å²) in [5.74, 6) is -0.190. The van der Waals surface area contributed by atoms with Crippen LogP contribution in [0, 0.1) is 16.0 Å². The molecule has 0 aliphatic heterocycles. The van der Waals surface area contributed by atoms with Gasteiger partial charge in [0.25, 0.3) is 5.69 Å². The topological polar surface area (TPSA) is 112 Å². The molecule has 12 heteroatoms. The molecule has 0 aliphatic rings. The number of ether oxygens (including phenoxy) is 1. The number of nitro benzene ring substituents is 1. The Kier molecular flexibility index (Phi) is 7.34. The van der Waals surface area contributed by atoms with E-state index in [0.717, 1.165) is 11.3 Å². The number of carbonyl (C=O) groups is 1. The molecule has 1 N–H and O–H groups in total. The lowest BCUT2D eigenvalue weighted by Crippen LogP contribution is -2.48. The first-order valence-electron chi connectivity index (χ1n) is 9.30. The molecule has 8 nitrogen and oxygen atoms in total. The molecule has 170 valence electrons. The second-order valence-electron chi connectivity index (χ2n) is 7.23. The number of hydrogen-bond donors (Lipinski definition) is 1. The van der Waals surface area contributed by atoms with Gasteiger partial charge in [-0.1, -0.05) is 72.1 Å². The van der Waals surface area contributed by atoms with Crippen LogP contribution in [0.1, 0.15) is 20.3 Å². The molecule has 0 aliphatic carbocycles. The van der Waals surface area contributed by atoms with Crippen LogP contribution in [0.5, 0.6) is 5.75 Å². The highest BCUT2D eigenvalue weighted by Gasteiger charge is 2.37. The maximum absolute atomic E-state index is 12.3. The third-order valence-electron chi connectivity index (χ3n) is 4.24. The van der Waals surface area contributed by atoms with Crippen LogP contribution in [-0.4, -0.2) is 20.9 Å². The molecule has 1 amide bonds. The van der Waals surface area contributed by atoms with Gasteiger partial charge in [-0.2, -0.15) is 0 Å². The average molecular weight is 520 g/mol. The number of nitro groups is 1. The molecule has 0 bridgehead atoms. The summed E-state index contributed by atoms with van der Waals surface area (Å²) in [5.41, 5.74) is 0.820. The first-order chi connectivity index (χ1) is 15.0. The van der Waals surface area contributed by atoms with Gasteiger partial charge in [-0.05, 0) is 23.6 Å². The van der Waals surface area contributed by atoms with Crippen molar-refractivity contribution in [2.75, 3.05) is 0 Å². The van der Waals surface area contributed by atoms with Crippen LogP contribution in [0.15, 0.2) is 45.6 Å². The minimum Gasteiger partial charge on any atom is -0.465 e. The maximum Gasteiger partial charge on any atom is 0.396 e. The second kappa shape index (κ2) is 9.66. The first kappa shape index (κ1) is 24.3. The van der Waals surface area contributed by atoms with Gasteiger partial charge in [0.2, 0.25) is 15.9 Å². The van der Waals surface area contributed by atoms with Crippen LogP contribution >= 0.6 is 46.1 Å². The van der Waals surface area contributed by atoms with Crippen molar-refractivity contribution in [1.29, 1.82) is 0 Å². The summed E-state index contributed by atoms with van der Waals surface area (Å²) < 4.78 is 9.43. The zero-order valence-electron chi connectivity index (χ0n) is 16.8. The van der Waals surface area contributed by atoms with Crippen LogP contribution in [0.25, 0.3) is 21.4 Å². The summed E-state index contributed by atoms with van der Waals surface area (Å²) in [4.78, 5) is 34.3. The van der Waals surface area contributed by atoms with Gasteiger partial charge in [-0.15, -0.1) is 0 Å². The quantitative estimate of drug-likeness (QED) is 0.186. The number of amides is 1. The first-order valence-corrected chi connectivity index (χ1v) is 11.2. The van der Waals surface area contributed by atoms with Crippen molar-refractivity contribution in [3.63, 3.8) is 0 Å². The summed E-state index contributed by atoms with van der Waals surface area (Å²) >= 11 is 19.0. The fourth-order valence-corrected chi connectivity index (χ4v) is 4.07. The fourth-order valence-electron chi connectivity index (χ4n) is 2.95. The number of non-ortho nitro benzene ring substituents is 1. The molecule has 0 fully saturated rings. The second-order valence-corrected chi connectivity index (χ2v) is 10.5. The number of alkyl halides is 3. The number of fused-ring (bicyclic) bond motifs is 1. The van der Waals surface area contributed by atoms with Gasteiger partial charge in [0.05, 0.1) is 9.62 Å². The number of nitrogens with zero attached hydrogens (tertiary/aromatic N) is 1. The maximum atomic E-state index is 12.3. The molecule has 0 radical (unpaired) electrons. The van der Waals surface area contributed by atoms with E-state index in [-0.39, 0.29) is 35.3 Å². The smallest absolute Gasteiger partial charge is 0.396 e. The molecule has 3 aromatic rings. The lowest BCUT2D eigenvalue weighted by Gasteiger charge is -2.27. The van der Waals surface area contributed by atoms with Gasteiger partial charge in [-0.3, -0.25) is 14.9 Å². The Morgan fingerprint density at radius 1 is 1.28 bits per heavy atom. The molecular weight excluding hydrogens is 503 g/mol. The Hall–Kier alpha value is -2.33. The van der Waals surface area contributed by atoms with Crippen molar-refractivity contribution in [3.05, 3.63) is 56.2 Å². The molecule has 3 rings (SSSR count). The minimum absolute atomic E-state index is 0.0611. The molecule has 0 unspecified atom stereocenters. The van der Waals surface area contributed by atoms with Gasteiger partial charge in [0.15, 0.2) is 0 Å². The van der Waals surface area contributed by atoms with E-state index in [0.29, 0.717) is 15.8 Å². The third-order valence-corrected chi connectivity index (χ3v) is 5.69. The van der Waals surface area contributed by atoms with Crippen molar-refractivity contribution in [2.45, 2.75) is 30.3 Å². The van der Waals surface area contributed by atoms with E-state index >= 15 is 0 Å². The van der Waals surface area contributed by atoms with Crippen LogP contribution in [0.3, 0.4) is 0 Å². The summed E-state index contributed by atoms with van der Waals surface area (Å²) in [5, 5.41) is 13.8. The largest absolute Gasteiger partial charge is 0.465 e. The molecule has 1 atom stereocenters. The van der Waals surface area contributed by atoms with E-state index in [2.05, 4.69) is 5.32 Å². The molecule has 2 aromatic carbocycles. The summed E-state index contributed by atoms with van der Waals surface area (Å²) in [6, 6.07) is 8.74. The van der Waals surface area contributed by atoms with Gasteiger partial charge in [0, 0.05) is 24.1 Å². The highest BCUT2D eigenvalue weighted by atomic mass is 35.6. The van der Waals surface area contributed by atoms with E-state index in [1.165, 1.54) is 30.3 Å². The Labute approximate surface area is 201 Å². The van der Waals surface area contributed by atoms with Crippen molar-refractivity contribution >= 4 is 68.0 Å². The summed E-state index contributed by atoms with van der Waals surface area (Å²) in [6.45, 7) is 3.72. The van der Waals surface area contributed by atoms with Crippen LogP contribution in [0.4, 0.5) is 5.69 Å². The van der Waals surface area contributed by atoms with Crippen molar-refractivity contribution in [3.8, 4) is 16.9 Å². The number of halogens is 3. The van der Waals surface area contributed by atoms with E-state index < -0.39 is 19.9 Å². The fraction of sp³-hybridized carbons (Fsp3) is 0.300. The Morgan fingerprint density at radius 3 is 2.62 bits per heavy atom. The highest BCUT2D eigenvalue weighted by molar-refractivity contribution is 7.16. The van der Waals surface area contributed by atoms with Gasteiger partial charge >= 0.3 is 4.94 Å². The lowest BCUT2D eigenvalue weighted by molar-refractivity contribution is -0.384. The Balaban J connectivity index is 2.12. The molecule has 0 saturated heterocycles. The van der Waals surface area contributed by atoms with Crippen molar-refractivity contribution < 1.29 is 18.9 Å². The van der Waals surface area contributed by atoms with E-state index in [9.17, 15) is 19.7 Å². The van der Waals surface area contributed by atoms with E-state index in [1.807, 2.05) is 13.8 Å². The Morgan fingerprint density at radius 2 is 2.00 bits per heavy atom. The number of nitrogens with one attached hydrogen (secondary N) is 1. The number of benzene rings is 2. The van der Waals surface area contributed by atoms with Gasteiger partial charge in [-0.25, -0.2) is 4.79 Å². The minimum atomic E-state index is -2.04. The van der Waals surface area contributed by atoms with Crippen LogP contribution < -0.4 is 15.0 Å². The van der Waals surface area contributed by atoms with Crippen LogP contribution in [0.2, 0.25) is 0 Å². The standard InChI is InChI=1S/C20H17Cl3N2O6S/c1-10(2)8-15(26)24-18(20(21,22)23)30-13-6-7-14-17(32-19(27)31-14)16(13)11-4-3-5-12(9-11)25(28)29/h3-7,9-10,18H,8H2,1-2H3,(H,24,26)/t18-/m1/s1. The van der Waals surface area contributed by atoms with Gasteiger partial charge < -0.3 is 14.5 Å². The number of carbonyl (C=O) groups excluding carboxylic acids is 1. The van der Waals surface area contributed by atoms with E-state index in [1.54, 1.807) is 6.07 Å². The van der Waals surface area contributed by atoms with Gasteiger partial charge in [0.1, 0.15) is 11.3 Å². The molecule has 1 heterocycles. The predicted octanol–water partition coefficient (Wildman–Crippen LogP) is 5.67. The Bertz CT molecular complexity index is 1220. The third kappa shape index (κ3) is 5.72. The molecular formula is C20H17Cl3N2O6S.